The minimum absolute atomic E-state index is 0.152. The molecule has 1 aromatic heterocycles. The number of ether oxygens (including phenoxy) is 1. The average Bonchev–Trinajstić information content (AvgIpc) is 2.84. The number of benzene rings is 2. The molecule has 0 aliphatic heterocycles. The molecule has 0 atom stereocenters. The first kappa shape index (κ1) is 13.2. The molecule has 0 radical (unpaired) electrons. The zero-order valence-corrected chi connectivity index (χ0v) is 12.9. The Morgan fingerprint density at radius 2 is 1.95 bits per heavy atom. The van der Waals surface area contributed by atoms with E-state index in [-0.39, 0.29) is 6.10 Å². The van der Waals surface area contributed by atoms with Crippen molar-refractivity contribution < 1.29 is 4.74 Å². The summed E-state index contributed by atoms with van der Waals surface area (Å²) in [6, 6.07) is 13.9. The number of H-pyrrole nitrogens is 1. The van der Waals surface area contributed by atoms with Crippen molar-refractivity contribution in [3.8, 4) is 17.1 Å². The number of para-hydroxylation sites is 2. The van der Waals surface area contributed by atoms with Gasteiger partial charge in [0, 0.05) is 10.0 Å². The van der Waals surface area contributed by atoms with E-state index < -0.39 is 0 Å². The lowest BCUT2D eigenvalue weighted by Gasteiger charge is -2.11. The molecule has 102 valence electrons. The van der Waals surface area contributed by atoms with Gasteiger partial charge in [-0.3, -0.25) is 0 Å². The van der Waals surface area contributed by atoms with E-state index in [4.69, 9.17) is 4.74 Å². The zero-order chi connectivity index (χ0) is 14.1. The number of hydrogen-bond donors (Lipinski definition) is 1. The number of imidazole rings is 1. The third-order valence-electron chi connectivity index (χ3n) is 2.95. The SMILES string of the molecule is CC(C)Oc1ccc(Br)c(-c2nc3ccccc3[nH]2)c1. The van der Waals surface area contributed by atoms with Gasteiger partial charge in [-0.1, -0.05) is 28.1 Å². The van der Waals surface area contributed by atoms with Crippen LogP contribution in [0, 0.1) is 0 Å². The normalized spacial score (nSPS) is 11.2. The van der Waals surface area contributed by atoms with Crippen LogP contribution in [-0.2, 0) is 0 Å². The van der Waals surface area contributed by atoms with Crippen molar-refractivity contribution >= 4 is 27.0 Å². The van der Waals surface area contributed by atoms with Crippen LogP contribution in [0.15, 0.2) is 46.9 Å². The number of nitrogens with one attached hydrogen (secondary N) is 1. The molecule has 1 N–H and O–H groups in total. The fourth-order valence-corrected chi connectivity index (χ4v) is 2.55. The van der Waals surface area contributed by atoms with E-state index >= 15 is 0 Å². The summed E-state index contributed by atoms with van der Waals surface area (Å²) >= 11 is 3.58. The molecule has 0 fully saturated rings. The summed E-state index contributed by atoms with van der Waals surface area (Å²) in [6.45, 7) is 4.03. The Labute approximate surface area is 126 Å². The summed E-state index contributed by atoms with van der Waals surface area (Å²) in [5.74, 6) is 1.69. The molecule has 0 saturated carbocycles. The molecule has 0 bridgehead atoms. The maximum atomic E-state index is 5.74. The number of nitrogens with zero attached hydrogens (tertiary/aromatic N) is 1. The van der Waals surface area contributed by atoms with Crippen LogP contribution >= 0.6 is 15.9 Å². The Balaban J connectivity index is 2.07. The summed E-state index contributed by atoms with van der Waals surface area (Å²) in [4.78, 5) is 7.96. The number of rotatable bonds is 3. The number of aromatic nitrogens is 2. The Hall–Kier alpha value is -1.81. The molecule has 3 rings (SSSR count). The number of fused-ring (bicyclic) bond motifs is 1. The van der Waals surface area contributed by atoms with Crippen LogP contribution in [0.1, 0.15) is 13.8 Å². The molecule has 0 saturated heterocycles. The van der Waals surface area contributed by atoms with Crippen molar-refractivity contribution in [2.45, 2.75) is 20.0 Å². The standard InChI is InChI=1S/C16H15BrN2O/c1-10(2)20-11-7-8-13(17)12(9-11)16-18-14-5-3-4-6-15(14)19-16/h3-10H,1-2H3,(H,18,19). The summed E-state index contributed by atoms with van der Waals surface area (Å²) in [5.41, 5.74) is 2.99. The molecule has 3 aromatic rings. The van der Waals surface area contributed by atoms with E-state index in [1.807, 2.05) is 56.3 Å². The van der Waals surface area contributed by atoms with Gasteiger partial charge in [-0.25, -0.2) is 4.98 Å². The van der Waals surface area contributed by atoms with E-state index in [9.17, 15) is 0 Å². The summed E-state index contributed by atoms with van der Waals surface area (Å²) in [5, 5.41) is 0. The molecular formula is C16H15BrN2O. The molecule has 3 nitrogen and oxygen atoms in total. The first-order valence-electron chi connectivity index (χ1n) is 6.55. The molecule has 0 aliphatic rings. The third-order valence-corrected chi connectivity index (χ3v) is 3.65. The van der Waals surface area contributed by atoms with Crippen LogP contribution in [-0.4, -0.2) is 16.1 Å². The van der Waals surface area contributed by atoms with Gasteiger partial charge in [0.15, 0.2) is 0 Å². The van der Waals surface area contributed by atoms with Gasteiger partial charge in [0.2, 0.25) is 0 Å². The smallest absolute Gasteiger partial charge is 0.139 e. The predicted molar refractivity (Wildman–Crippen MR) is 85.0 cm³/mol. The average molecular weight is 331 g/mol. The van der Waals surface area contributed by atoms with E-state index in [1.54, 1.807) is 0 Å². The third kappa shape index (κ3) is 2.56. The molecule has 0 amide bonds. The van der Waals surface area contributed by atoms with Gasteiger partial charge in [-0.2, -0.15) is 0 Å². The van der Waals surface area contributed by atoms with Gasteiger partial charge in [0.1, 0.15) is 11.6 Å². The van der Waals surface area contributed by atoms with Crippen LogP contribution in [0.25, 0.3) is 22.4 Å². The first-order valence-corrected chi connectivity index (χ1v) is 7.34. The molecule has 20 heavy (non-hydrogen) atoms. The van der Waals surface area contributed by atoms with Crippen LogP contribution in [0.2, 0.25) is 0 Å². The quantitative estimate of drug-likeness (QED) is 0.750. The Morgan fingerprint density at radius 3 is 2.70 bits per heavy atom. The van der Waals surface area contributed by atoms with Crippen molar-refractivity contribution in [1.82, 2.24) is 9.97 Å². The van der Waals surface area contributed by atoms with Crippen LogP contribution in [0.4, 0.5) is 0 Å². The minimum Gasteiger partial charge on any atom is -0.491 e. The molecule has 0 spiro atoms. The maximum Gasteiger partial charge on any atom is 0.139 e. The highest BCUT2D eigenvalue weighted by Crippen LogP contribution is 2.31. The maximum absolute atomic E-state index is 5.74. The van der Waals surface area contributed by atoms with Gasteiger partial charge in [0.25, 0.3) is 0 Å². The molecule has 4 heteroatoms. The largest absolute Gasteiger partial charge is 0.491 e. The summed E-state index contributed by atoms with van der Waals surface area (Å²) < 4.78 is 6.74. The summed E-state index contributed by atoms with van der Waals surface area (Å²) in [6.07, 6.45) is 0.152. The van der Waals surface area contributed by atoms with Gasteiger partial charge < -0.3 is 9.72 Å². The second kappa shape index (κ2) is 5.29. The van der Waals surface area contributed by atoms with Crippen molar-refractivity contribution in [2.75, 3.05) is 0 Å². The fourth-order valence-electron chi connectivity index (χ4n) is 2.11. The van der Waals surface area contributed by atoms with Crippen molar-refractivity contribution in [2.24, 2.45) is 0 Å². The predicted octanol–water partition coefficient (Wildman–Crippen LogP) is 4.78. The van der Waals surface area contributed by atoms with Crippen LogP contribution in [0.3, 0.4) is 0 Å². The topological polar surface area (TPSA) is 37.9 Å². The summed E-state index contributed by atoms with van der Waals surface area (Å²) in [7, 11) is 0. The molecule has 2 aromatic carbocycles. The Kier molecular flexibility index (Phi) is 3.49. The van der Waals surface area contributed by atoms with Gasteiger partial charge in [-0.05, 0) is 44.2 Å². The van der Waals surface area contributed by atoms with Crippen LogP contribution < -0.4 is 4.74 Å². The molecular weight excluding hydrogens is 316 g/mol. The van der Waals surface area contributed by atoms with Gasteiger partial charge in [-0.15, -0.1) is 0 Å². The molecule has 0 unspecified atom stereocenters. The zero-order valence-electron chi connectivity index (χ0n) is 11.4. The lowest BCUT2D eigenvalue weighted by Crippen LogP contribution is -2.05. The first-order chi connectivity index (χ1) is 9.63. The molecule has 0 aliphatic carbocycles. The minimum atomic E-state index is 0.152. The van der Waals surface area contributed by atoms with Gasteiger partial charge >= 0.3 is 0 Å². The second-order valence-electron chi connectivity index (χ2n) is 4.91. The Bertz CT molecular complexity index is 716. The number of aromatic amines is 1. The highest BCUT2D eigenvalue weighted by Gasteiger charge is 2.10. The highest BCUT2D eigenvalue weighted by molar-refractivity contribution is 9.10. The van der Waals surface area contributed by atoms with Crippen molar-refractivity contribution in [3.05, 3.63) is 46.9 Å². The van der Waals surface area contributed by atoms with Crippen LogP contribution in [0.5, 0.6) is 5.75 Å². The monoisotopic (exact) mass is 330 g/mol. The second-order valence-corrected chi connectivity index (χ2v) is 5.77. The lowest BCUT2D eigenvalue weighted by atomic mass is 10.2. The highest BCUT2D eigenvalue weighted by atomic mass is 79.9. The fraction of sp³-hybridized carbons (Fsp3) is 0.188. The number of halogens is 1. The van der Waals surface area contributed by atoms with Crippen molar-refractivity contribution in [3.63, 3.8) is 0 Å². The van der Waals surface area contributed by atoms with E-state index in [0.29, 0.717) is 0 Å². The van der Waals surface area contributed by atoms with E-state index in [1.165, 1.54) is 0 Å². The van der Waals surface area contributed by atoms with Gasteiger partial charge in [0.05, 0.1) is 17.1 Å². The lowest BCUT2D eigenvalue weighted by molar-refractivity contribution is 0.242. The Morgan fingerprint density at radius 1 is 1.15 bits per heavy atom. The molecule has 1 heterocycles. The van der Waals surface area contributed by atoms with E-state index in [0.717, 1.165) is 32.6 Å². The van der Waals surface area contributed by atoms with Crippen molar-refractivity contribution in [1.29, 1.82) is 0 Å². The van der Waals surface area contributed by atoms with E-state index in [2.05, 4.69) is 25.9 Å². The number of hydrogen-bond acceptors (Lipinski definition) is 2.